The van der Waals surface area contributed by atoms with Gasteiger partial charge in [0, 0.05) is 23.5 Å². The molecule has 3 aromatic carbocycles. The number of ether oxygens (including phenoxy) is 1. The van der Waals surface area contributed by atoms with E-state index in [1.165, 1.54) is 44.5 Å². The molecule has 3 aromatic rings. The first-order chi connectivity index (χ1) is 14.3. The summed E-state index contributed by atoms with van der Waals surface area (Å²) < 4.78 is 6.37. The Morgan fingerprint density at radius 2 is 1.37 bits per heavy atom. The van der Waals surface area contributed by atoms with Crippen molar-refractivity contribution in [2.75, 3.05) is 6.61 Å². The Morgan fingerprint density at radius 1 is 0.800 bits per heavy atom. The van der Waals surface area contributed by atoms with Crippen molar-refractivity contribution in [1.82, 2.24) is 0 Å². The quantitative estimate of drug-likeness (QED) is 0.428. The van der Waals surface area contributed by atoms with Gasteiger partial charge in [-0.25, -0.2) is 0 Å². The molecule has 0 fully saturated rings. The summed E-state index contributed by atoms with van der Waals surface area (Å²) in [6, 6.07) is 20.6. The van der Waals surface area contributed by atoms with Crippen molar-refractivity contribution in [3.05, 3.63) is 99.1 Å². The molecule has 1 heteroatoms. The van der Waals surface area contributed by atoms with E-state index in [1.54, 1.807) is 0 Å². The van der Waals surface area contributed by atoms with Crippen molar-refractivity contribution >= 4 is 0 Å². The molecule has 0 aliphatic carbocycles. The molecule has 1 heterocycles. The molecule has 4 rings (SSSR count). The zero-order chi connectivity index (χ0) is 21.4. The van der Waals surface area contributed by atoms with Crippen LogP contribution in [0.25, 0.3) is 0 Å². The fourth-order valence-electron chi connectivity index (χ4n) is 4.68. The van der Waals surface area contributed by atoms with E-state index in [1.807, 2.05) is 0 Å². The molecule has 1 aliphatic rings. The normalized spacial score (nSPS) is 15.5. The molecule has 0 aromatic heterocycles. The largest absolute Gasteiger partial charge is 0.492 e. The number of hydrogen-bond donors (Lipinski definition) is 0. The maximum atomic E-state index is 6.37. The van der Waals surface area contributed by atoms with E-state index in [9.17, 15) is 0 Å². The molecule has 0 saturated carbocycles. The fourth-order valence-corrected chi connectivity index (χ4v) is 4.68. The zero-order valence-corrected chi connectivity index (χ0v) is 19.3. The van der Waals surface area contributed by atoms with Gasteiger partial charge in [0.15, 0.2) is 0 Å². The summed E-state index contributed by atoms with van der Waals surface area (Å²) in [6.07, 6.45) is 0.922. The summed E-state index contributed by atoms with van der Waals surface area (Å²) in [5.41, 5.74) is 10.9. The van der Waals surface area contributed by atoms with Gasteiger partial charge in [-0.3, -0.25) is 0 Å². The van der Waals surface area contributed by atoms with E-state index >= 15 is 0 Å². The molecule has 0 radical (unpaired) electrons. The lowest BCUT2D eigenvalue weighted by molar-refractivity contribution is 0.340. The molecule has 1 nitrogen and oxygen atoms in total. The molecular formula is C29H34O. The number of hydrogen-bond acceptors (Lipinski definition) is 1. The summed E-state index contributed by atoms with van der Waals surface area (Å²) in [5.74, 6) is 2.57. The molecule has 1 atom stereocenters. The van der Waals surface area contributed by atoms with Gasteiger partial charge in [0.1, 0.15) is 5.75 Å². The molecular weight excluding hydrogens is 364 g/mol. The van der Waals surface area contributed by atoms with Gasteiger partial charge in [0.2, 0.25) is 0 Å². The smallest absolute Gasteiger partial charge is 0.127 e. The minimum Gasteiger partial charge on any atom is -0.492 e. The molecule has 0 bridgehead atoms. The number of rotatable bonds is 5. The Kier molecular flexibility index (Phi) is 5.73. The molecule has 1 unspecified atom stereocenters. The van der Waals surface area contributed by atoms with Crippen molar-refractivity contribution in [3.8, 4) is 5.75 Å². The number of fused-ring (bicyclic) bond motifs is 1. The van der Waals surface area contributed by atoms with E-state index in [0.29, 0.717) is 17.8 Å². The summed E-state index contributed by atoms with van der Waals surface area (Å²) in [4.78, 5) is 0. The van der Waals surface area contributed by atoms with Gasteiger partial charge in [0.25, 0.3) is 0 Å². The molecule has 0 spiro atoms. The van der Waals surface area contributed by atoms with Crippen LogP contribution in [0.3, 0.4) is 0 Å². The first-order valence-electron chi connectivity index (χ1n) is 11.3. The third-order valence-electron chi connectivity index (χ3n) is 6.63. The average Bonchev–Trinajstić information content (AvgIpc) is 3.17. The van der Waals surface area contributed by atoms with Crippen LogP contribution in [0.5, 0.6) is 5.75 Å². The molecule has 156 valence electrons. The molecule has 1 aliphatic heterocycles. The van der Waals surface area contributed by atoms with Gasteiger partial charge in [-0.1, -0.05) is 82.3 Å². The van der Waals surface area contributed by atoms with E-state index in [0.717, 1.165) is 18.8 Å². The monoisotopic (exact) mass is 398 g/mol. The Balaban J connectivity index is 1.68. The van der Waals surface area contributed by atoms with Crippen LogP contribution in [-0.4, -0.2) is 6.61 Å². The third-order valence-corrected chi connectivity index (χ3v) is 6.63. The lowest BCUT2D eigenvalue weighted by atomic mass is 9.85. The predicted octanol–water partition coefficient (Wildman–Crippen LogP) is 7.67. The molecule has 0 N–H and O–H groups in total. The fraction of sp³-hybridized carbons (Fsp3) is 0.379. The Hall–Kier alpha value is -2.54. The average molecular weight is 399 g/mol. The van der Waals surface area contributed by atoms with E-state index < -0.39 is 0 Å². The van der Waals surface area contributed by atoms with Crippen molar-refractivity contribution in [1.29, 1.82) is 0 Å². The summed E-state index contributed by atoms with van der Waals surface area (Å²) in [7, 11) is 0. The maximum Gasteiger partial charge on any atom is 0.127 e. The Bertz CT molecular complexity index is 1020. The maximum absolute atomic E-state index is 6.37. The van der Waals surface area contributed by atoms with Crippen LogP contribution >= 0.6 is 0 Å². The third kappa shape index (κ3) is 3.90. The molecule has 0 amide bonds. The second kappa shape index (κ2) is 8.30. The van der Waals surface area contributed by atoms with E-state index in [2.05, 4.69) is 96.1 Å². The van der Waals surface area contributed by atoms with Crippen LogP contribution in [0.4, 0.5) is 0 Å². The first kappa shape index (κ1) is 20.7. The highest BCUT2D eigenvalue weighted by Crippen LogP contribution is 2.44. The molecule has 30 heavy (non-hydrogen) atoms. The topological polar surface area (TPSA) is 9.23 Å². The van der Waals surface area contributed by atoms with E-state index in [4.69, 9.17) is 4.74 Å². The van der Waals surface area contributed by atoms with Crippen molar-refractivity contribution < 1.29 is 4.74 Å². The molecule has 0 saturated heterocycles. The van der Waals surface area contributed by atoms with Crippen LogP contribution in [0, 0.1) is 13.8 Å². The Labute approximate surface area is 182 Å². The van der Waals surface area contributed by atoms with Gasteiger partial charge < -0.3 is 4.74 Å². The summed E-state index contributed by atoms with van der Waals surface area (Å²) in [6.45, 7) is 14.2. The van der Waals surface area contributed by atoms with Crippen LogP contribution < -0.4 is 4.74 Å². The van der Waals surface area contributed by atoms with Gasteiger partial charge in [-0.05, 0) is 59.1 Å². The minimum atomic E-state index is 0.323. The second-order valence-corrected chi connectivity index (χ2v) is 9.49. The van der Waals surface area contributed by atoms with Crippen molar-refractivity contribution in [2.24, 2.45) is 0 Å². The Morgan fingerprint density at radius 3 is 1.93 bits per heavy atom. The van der Waals surface area contributed by atoms with Gasteiger partial charge in [-0.15, -0.1) is 0 Å². The predicted molar refractivity (Wildman–Crippen MR) is 127 cm³/mol. The highest BCUT2D eigenvalue weighted by atomic mass is 16.5. The standard InChI is InChI=1S/C29H34O/c1-18(2)23-9-7-22(8-10-23)16-26-20(5)15-21(6)28-27(17-30-29(26)28)25-13-11-24(12-14-25)19(3)4/h7-15,18-19,27H,16-17H2,1-6H3. The lowest BCUT2D eigenvalue weighted by Gasteiger charge is -2.17. The second-order valence-electron chi connectivity index (χ2n) is 9.49. The van der Waals surface area contributed by atoms with Gasteiger partial charge >= 0.3 is 0 Å². The summed E-state index contributed by atoms with van der Waals surface area (Å²) >= 11 is 0. The SMILES string of the molecule is Cc1cc(C)c2c(c1Cc1ccc(C(C)C)cc1)OCC2c1ccc(C(C)C)cc1. The minimum absolute atomic E-state index is 0.323. The van der Waals surface area contributed by atoms with Gasteiger partial charge in [0.05, 0.1) is 6.61 Å². The lowest BCUT2D eigenvalue weighted by Crippen LogP contribution is -2.04. The van der Waals surface area contributed by atoms with Crippen LogP contribution in [0.1, 0.15) is 90.0 Å². The van der Waals surface area contributed by atoms with Crippen LogP contribution in [0.2, 0.25) is 0 Å². The van der Waals surface area contributed by atoms with Crippen molar-refractivity contribution in [2.45, 2.75) is 65.7 Å². The van der Waals surface area contributed by atoms with Crippen LogP contribution in [0.15, 0.2) is 54.6 Å². The van der Waals surface area contributed by atoms with Crippen LogP contribution in [-0.2, 0) is 6.42 Å². The van der Waals surface area contributed by atoms with Crippen molar-refractivity contribution in [3.63, 3.8) is 0 Å². The highest BCUT2D eigenvalue weighted by molar-refractivity contribution is 5.58. The van der Waals surface area contributed by atoms with E-state index in [-0.39, 0.29) is 0 Å². The van der Waals surface area contributed by atoms with Gasteiger partial charge in [-0.2, -0.15) is 0 Å². The summed E-state index contributed by atoms with van der Waals surface area (Å²) in [5, 5.41) is 0. The number of benzene rings is 3. The highest BCUT2D eigenvalue weighted by Gasteiger charge is 2.30. The zero-order valence-electron chi connectivity index (χ0n) is 19.3. The number of aryl methyl sites for hydroxylation is 2. The first-order valence-corrected chi connectivity index (χ1v) is 11.3.